The molecule has 2 fully saturated rings. The van der Waals surface area contributed by atoms with Gasteiger partial charge in [-0.15, -0.1) is 12.4 Å². The van der Waals surface area contributed by atoms with E-state index < -0.39 is 5.97 Å². The number of aliphatic hydroxyl groups excluding tert-OH is 2. The van der Waals surface area contributed by atoms with Gasteiger partial charge in [0.1, 0.15) is 69.9 Å². The van der Waals surface area contributed by atoms with E-state index in [0.717, 1.165) is 67.2 Å². The molecule has 2 aliphatic heterocycles. The molecule has 10 rings (SSSR count). The topological polar surface area (TPSA) is 253 Å². The number of aromatic nitrogens is 2. The molecule has 3 N–H and O–H groups in total. The Balaban J connectivity index is 0.000000217. The lowest BCUT2D eigenvalue weighted by molar-refractivity contribution is 0.0252. The zero-order valence-corrected chi connectivity index (χ0v) is 47.7. The highest BCUT2D eigenvalue weighted by Crippen LogP contribution is 2.41. The molecule has 0 atom stereocenters. The Morgan fingerprint density at radius 3 is 1.48 bits per heavy atom. The molecule has 434 valence electrons. The number of aliphatic hydroxyl groups is 2. The van der Waals surface area contributed by atoms with Gasteiger partial charge in [-0.25, -0.2) is 4.79 Å². The van der Waals surface area contributed by atoms with Crippen LogP contribution in [0.3, 0.4) is 0 Å². The number of fused-ring (bicyclic) bond motifs is 2. The maximum absolute atomic E-state index is 12.9. The van der Waals surface area contributed by atoms with E-state index >= 15 is 0 Å². The van der Waals surface area contributed by atoms with Crippen molar-refractivity contribution < 1.29 is 62.2 Å². The van der Waals surface area contributed by atoms with Crippen molar-refractivity contribution in [1.29, 1.82) is 10.5 Å². The number of hydrogen-bond donors (Lipinski definition) is 3. The van der Waals surface area contributed by atoms with Crippen LogP contribution in [-0.4, -0.2) is 122 Å². The number of rotatable bonds is 19. The summed E-state index contributed by atoms with van der Waals surface area (Å²) < 4.78 is 46.6. The molecular weight excluding hydrogens is 1080 g/mol. The first-order valence-electron chi connectivity index (χ1n) is 27.4. The zero-order chi connectivity index (χ0) is 58.0. The molecule has 0 bridgehead atoms. The minimum atomic E-state index is -1.04. The number of carboxylic acids is 1. The van der Waals surface area contributed by atoms with Crippen molar-refractivity contribution in [3.63, 3.8) is 0 Å². The van der Waals surface area contributed by atoms with E-state index in [1.54, 1.807) is 67.8 Å². The van der Waals surface area contributed by atoms with Crippen molar-refractivity contribution >= 4 is 46.5 Å². The molecule has 0 radical (unpaired) electrons. The lowest BCUT2D eigenvalue weighted by Crippen LogP contribution is -2.27. The first-order valence-corrected chi connectivity index (χ1v) is 27.4. The van der Waals surface area contributed by atoms with Crippen molar-refractivity contribution in [2.24, 2.45) is 0 Å². The molecule has 18 nitrogen and oxygen atoms in total. The van der Waals surface area contributed by atoms with E-state index in [-0.39, 0.29) is 42.7 Å². The molecular formula is C64H68ClN5O13. The van der Waals surface area contributed by atoms with Gasteiger partial charge < -0.3 is 57.5 Å². The monoisotopic (exact) mass is 1150 g/mol. The second kappa shape index (κ2) is 30.5. The normalized spacial score (nSPS) is 13.3. The lowest BCUT2D eigenvalue weighted by atomic mass is 10.0. The Bertz CT molecular complexity index is 3550. The fraction of sp³-hybridized carbons (Fsp3) is 0.344. The number of carbonyl (C=O) groups excluding carboxylic acids is 1. The molecule has 6 heterocycles. The van der Waals surface area contributed by atoms with Gasteiger partial charge in [0, 0.05) is 93.7 Å². The van der Waals surface area contributed by atoms with Gasteiger partial charge in [0.15, 0.2) is 11.2 Å². The largest absolute Gasteiger partial charge is 0.496 e. The highest BCUT2D eigenvalue weighted by molar-refractivity contribution is 5.97. The van der Waals surface area contributed by atoms with Crippen molar-refractivity contribution in [2.75, 3.05) is 67.5 Å². The predicted octanol–water partition coefficient (Wildman–Crippen LogP) is 12.3. The number of carboxylic acid groups (broad SMARTS) is 1. The van der Waals surface area contributed by atoms with Crippen LogP contribution in [0.5, 0.6) is 23.0 Å². The van der Waals surface area contributed by atoms with E-state index in [2.05, 4.69) is 29.0 Å². The summed E-state index contributed by atoms with van der Waals surface area (Å²) in [6, 6.07) is 32.7. The summed E-state index contributed by atoms with van der Waals surface area (Å²) in [5.74, 6) is 1.87. The van der Waals surface area contributed by atoms with Crippen LogP contribution in [0.1, 0.15) is 96.6 Å². The lowest BCUT2D eigenvalue weighted by Gasteiger charge is -2.23. The Labute approximate surface area is 488 Å². The van der Waals surface area contributed by atoms with E-state index in [0.29, 0.717) is 131 Å². The van der Waals surface area contributed by atoms with Crippen LogP contribution in [-0.2, 0) is 9.47 Å². The van der Waals surface area contributed by atoms with Crippen LogP contribution in [0.4, 0.5) is 0 Å². The van der Waals surface area contributed by atoms with Crippen LogP contribution >= 0.6 is 12.4 Å². The zero-order valence-electron chi connectivity index (χ0n) is 46.9. The maximum atomic E-state index is 12.9. The standard InChI is InChI=1S/C32H33N3O6.C27H22N2O6.C5H12O.ClH/c1-35(13-3-4-14-36)32(37)22-5-7-26(29(18-22)38-2)30-19-27-31(41-30)25(9-12-34-27)21-6-8-28(23(17-21)20-33)40-24-10-15-39-16-11-24;1-32-24-13-17(27(30)31)2-4-21(24)25-14-22-26(35-25)20(6-9-29-22)16-3-5-23(18(12-16)15-28)34-19-7-10-33-11-8-19;1-2-3-4-5-6;/h5-9,12,17-19,24,36H,3-4,10-11,13-16H2,1-2H3;2-6,9,12-14,19H,7-8,10-11H2,1H3,(H,30,31);6H,2-5H2,1H3;1H. The number of hydrogen-bond acceptors (Lipinski definition) is 16. The summed E-state index contributed by atoms with van der Waals surface area (Å²) in [7, 11) is 4.77. The summed E-state index contributed by atoms with van der Waals surface area (Å²) in [5, 5.41) is 46.1. The van der Waals surface area contributed by atoms with Gasteiger partial charge in [-0.2, -0.15) is 10.5 Å². The Hall–Kier alpha value is -8.49. The molecule has 4 aromatic heterocycles. The number of nitrogens with zero attached hydrogens (tertiary/aromatic N) is 5. The number of unbranched alkanes of at least 4 members (excludes halogenated alkanes) is 3. The van der Waals surface area contributed by atoms with Crippen LogP contribution in [0.2, 0.25) is 0 Å². The third kappa shape index (κ3) is 15.5. The average molecular weight is 1150 g/mol. The molecule has 4 aromatic carbocycles. The molecule has 0 spiro atoms. The maximum Gasteiger partial charge on any atom is 0.335 e. The molecule has 8 aromatic rings. The van der Waals surface area contributed by atoms with Crippen LogP contribution in [0.25, 0.3) is 67.1 Å². The summed E-state index contributed by atoms with van der Waals surface area (Å²) in [6.07, 6.45) is 11.3. The van der Waals surface area contributed by atoms with Crippen molar-refractivity contribution in [1.82, 2.24) is 14.9 Å². The van der Waals surface area contributed by atoms with Crippen molar-refractivity contribution in [2.45, 2.75) is 76.9 Å². The number of halogens is 1. The van der Waals surface area contributed by atoms with Crippen LogP contribution in [0.15, 0.2) is 118 Å². The first-order chi connectivity index (χ1) is 40.0. The Morgan fingerprint density at radius 1 is 0.602 bits per heavy atom. The van der Waals surface area contributed by atoms with Crippen LogP contribution in [0, 0.1) is 22.7 Å². The van der Waals surface area contributed by atoms with Gasteiger partial charge in [-0.3, -0.25) is 14.8 Å². The minimum Gasteiger partial charge on any atom is -0.496 e. The molecule has 0 saturated carbocycles. The highest BCUT2D eigenvalue weighted by atomic mass is 35.5. The molecule has 83 heavy (non-hydrogen) atoms. The fourth-order valence-corrected chi connectivity index (χ4v) is 9.52. The summed E-state index contributed by atoms with van der Waals surface area (Å²) in [6.45, 7) is 5.77. The summed E-state index contributed by atoms with van der Waals surface area (Å²) in [5.41, 5.74) is 8.40. The quantitative estimate of drug-likeness (QED) is 0.0636. The molecule has 2 aliphatic rings. The number of nitriles is 2. The van der Waals surface area contributed by atoms with Gasteiger partial charge >= 0.3 is 5.97 Å². The van der Waals surface area contributed by atoms with Gasteiger partial charge in [0.05, 0.1) is 68.5 Å². The second-order valence-corrected chi connectivity index (χ2v) is 19.6. The highest BCUT2D eigenvalue weighted by Gasteiger charge is 2.23. The summed E-state index contributed by atoms with van der Waals surface area (Å²) >= 11 is 0. The molecule has 0 unspecified atom stereocenters. The number of aromatic carboxylic acids is 1. The summed E-state index contributed by atoms with van der Waals surface area (Å²) in [4.78, 5) is 34.8. The fourth-order valence-electron chi connectivity index (χ4n) is 9.52. The van der Waals surface area contributed by atoms with E-state index in [4.69, 9.17) is 47.5 Å². The number of amides is 1. The third-order valence-electron chi connectivity index (χ3n) is 14.0. The average Bonchev–Trinajstić information content (AvgIpc) is 3.76. The minimum absolute atomic E-state index is 0. The van der Waals surface area contributed by atoms with Gasteiger partial charge in [-0.1, -0.05) is 31.9 Å². The van der Waals surface area contributed by atoms with Gasteiger partial charge in [0.2, 0.25) is 0 Å². The SMILES string of the molecule is CCCCCO.COc1cc(C(=O)N(C)CCCCO)ccc1-c1cc2nccc(-c3ccc(OC4CCOCC4)c(C#N)c3)c2o1.COc1cc(C(=O)O)ccc1-c1cc2nccc(-c3ccc(OC4CCOCC4)c(C#N)c3)c2o1.Cl. The van der Waals surface area contributed by atoms with E-state index in [1.165, 1.54) is 25.7 Å². The Kier molecular flexibility index (Phi) is 22.9. The van der Waals surface area contributed by atoms with Crippen molar-refractivity contribution in [3.05, 3.63) is 132 Å². The number of methoxy groups -OCH3 is 2. The number of carbonyl (C=O) groups is 2. The Morgan fingerprint density at radius 2 is 1.06 bits per heavy atom. The first kappa shape index (κ1) is 62.1. The number of ether oxygens (including phenoxy) is 6. The molecule has 19 heteroatoms. The smallest absolute Gasteiger partial charge is 0.335 e. The number of furan rings is 2. The predicted molar refractivity (Wildman–Crippen MR) is 315 cm³/mol. The number of benzene rings is 4. The van der Waals surface area contributed by atoms with Crippen molar-refractivity contribution in [3.8, 4) is 80.0 Å². The third-order valence-corrected chi connectivity index (χ3v) is 14.0. The molecule has 1 amide bonds. The molecule has 2 saturated heterocycles. The second-order valence-electron chi connectivity index (χ2n) is 19.6. The van der Waals surface area contributed by atoms with E-state index in [9.17, 15) is 25.2 Å². The number of pyridine rings is 2. The van der Waals surface area contributed by atoms with Crippen LogP contribution < -0.4 is 18.9 Å². The van der Waals surface area contributed by atoms with E-state index in [1.807, 2.05) is 48.5 Å². The van der Waals surface area contributed by atoms with Gasteiger partial charge in [0.25, 0.3) is 5.91 Å². The molecule has 0 aliphatic carbocycles. The van der Waals surface area contributed by atoms with Gasteiger partial charge in [-0.05, 0) is 103 Å².